The third-order valence-corrected chi connectivity index (χ3v) is 5.62. The zero-order valence-corrected chi connectivity index (χ0v) is 14.4. The molecule has 0 saturated carbocycles. The largest absolute Gasteiger partial charge is 0.342 e. The van der Waals surface area contributed by atoms with Gasteiger partial charge in [0.2, 0.25) is 5.91 Å². The second kappa shape index (κ2) is 6.41. The summed E-state index contributed by atoms with van der Waals surface area (Å²) >= 11 is 0. The molecule has 5 heteroatoms. The number of hydrogen-bond acceptors (Lipinski definition) is 3. The zero-order chi connectivity index (χ0) is 18.1. The van der Waals surface area contributed by atoms with Crippen molar-refractivity contribution in [1.82, 2.24) is 4.90 Å². The van der Waals surface area contributed by atoms with E-state index in [1.165, 1.54) is 17.2 Å². The molecule has 1 aliphatic carbocycles. The van der Waals surface area contributed by atoms with E-state index in [1.54, 1.807) is 18.2 Å². The molecule has 0 bridgehead atoms. The lowest BCUT2D eigenvalue weighted by molar-refractivity contribution is -0.385. The normalized spacial score (nSPS) is 17.3. The molecule has 26 heavy (non-hydrogen) atoms. The van der Waals surface area contributed by atoms with Gasteiger partial charge in [-0.25, -0.2) is 0 Å². The average molecular weight is 348 g/mol. The predicted octanol–water partition coefficient (Wildman–Crippen LogP) is 3.72. The van der Waals surface area contributed by atoms with Crippen LogP contribution in [0, 0.1) is 10.1 Å². The smallest absolute Gasteiger partial charge is 0.273 e. The van der Waals surface area contributed by atoms with Gasteiger partial charge in [0, 0.05) is 30.1 Å². The number of carbonyl (C=O) groups is 1. The Morgan fingerprint density at radius 3 is 2.54 bits per heavy atom. The van der Waals surface area contributed by atoms with Crippen LogP contribution in [0.4, 0.5) is 5.69 Å². The molecule has 5 nitrogen and oxygen atoms in total. The summed E-state index contributed by atoms with van der Waals surface area (Å²) in [5, 5.41) is 11.1. The summed E-state index contributed by atoms with van der Waals surface area (Å²) in [5.74, 6) is -0.0376. The van der Waals surface area contributed by atoms with Gasteiger partial charge in [-0.1, -0.05) is 54.6 Å². The summed E-state index contributed by atoms with van der Waals surface area (Å²) in [7, 11) is 0. The maximum Gasteiger partial charge on any atom is 0.273 e. The molecule has 0 atom stereocenters. The third kappa shape index (κ3) is 2.79. The maximum atomic E-state index is 12.7. The van der Waals surface area contributed by atoms with Gasteiger partial charge in [-0.3, -0.25) is 14.9 Å². The molecule has 2 aromatic rings. The average Bonchev–Trinajstić information content (AvgIpc) is 3.01. The van der Waals surface area contributed by atoms with Gasteiger partial charge < -0.3 is 4.90 Å². The Balaban J connectivity index is 1.45. The number of carbonyl (C=O) groups excluding carboxylic acids is 1. The second-order valence-corrected chi connectivity index (χ2v) is 7.02. The minimum Gasteiger partial charge on any atom is -0.342 e. The van der Waals surface area contributed by atoms with Crippen molar-refractivity contribution >= 4 is 17.7 Å². The number of piperidine rings is 1. The SMILES string of the molecule is O=C(Cc1ccccc1[N+](=O)[O-])N1CCC2(C=Cc3ccccc32)CC1. The van der Waals surface area contributed by atoms with Crippen molar-refractivity contribution in [3.05, 3.63) is 81.4 Å². The highest BCUT2D eigenvalue weighted by Crippen LogP contribution is 2.43. The summed E-state index contributed by atoms with van der Waals surface area (Å²) in [6.07, 6.45) is 6.32. The van der Waals surface area contributed by atoms with Crippen LogP contribution in [-0.4, -0.2) is 28.8 Å². The molecule has 0 radical (unpaired) electrons. The molecule has 1 spiro atoms. The first-order valence-corrected chi connectivity index (χ1v) is 8.88. The molecule has 0 N–H and O–H groups in total. The molecule has 1 fully saturated rings. The summed E-state index contributed by atoms with van der Waals surface area (Å²) < 4.78 is 0. The molecule has 2 aromatic carbocycles. The van der Waals surface area contributed by atoms with E-state index in [1.807, 2.05) is 11.0 Å². The summed E-state index contributed by atoms with van der Waals surface area (Å²) in [4.78, 5) is 25.2. The van der Waals surface area contributed by atoms with Crippen LogP contribution in [0.3, 0.4) is 0 Å². The third-order valence-electron chi connectivity index (χ3n) is 5.62. The maximum absolute atomic E-state index is 12.7. The van der Waals surface area contributed by atoms with E-state index >= 15 is 0 Å². The van der Waals surface area contributed by atoms with Gasteiger partial charge in [-0.2, -0.15) is 0 Å². The Labute approximate surface area is 152 Å². The van der Waals surface area contributed by atoms with Gasteiger partial charge in [0.05, 0.1) is 11.3 Å². The van der Waals surface area contributed by atoms with Crippen LogP contribution in [-0.2, 0) is 16.6 Å². The van der Waals surface area contributed by atoms with Gasteiger partial charge in [-0.05, 0) is 24.0 Å². The Hall–Kier alpha value is -2.95. The number of fused-ring (bicyclic) bond motifs is 2. The second-order valence-electron chi connectivity index (χ2n) is 7.02. The summed E-state index contributed by atoms with van der Waals surface area (Å²) in [6, 6.07) is 14.9. The molecule has 1 saturated heterocycles. The molecule has 1 amide bonds. The molecule has 132 valence electrons. The van der Waals surface area contributed by atoms with Crippen molar-refractivity contribution in [2.24, 2.45) is 0 Å². The van der Waals surface area contributed by atoms with Crippen molar-refractivity contribution in [3.63, 3.8) is 0 Å². The summed E-state index contributed by atoms with van der Waals surface area (Å²) in [6.45, 7) is 1.36. The number of nitro groups is 1. The van der Waals surface area contributed by atoms with Gasteiger partial charge in [-0.15, -0.1) is 0 Å². The quantitative estimate of drug-likeness (QED) is 0.627. The molecule has 1 heterocycles. The van der Waals surface area contributed by atoms with E-state index in [-0.39, 0.29) is 23.4 Å². The standard InChI is InChI=1S/C21H20N2O3/c24-20(15-17-6-2-4-8-19(17)23(25)26)22-13-11-21(12-14-22)10-9-16-5-1-3-7-18(16)21/h1-10H,11-15H2. The van der Waals surface area contributed by atoms with E-state index < -0.39 is 4.92 Å². The van der Waals surface area contributed by atoms with E-state index in [2.05, 4.69) is 30.4 Å². The Morgan fingerprint density at radius 2 is 1.77 bits per heavy atom. The minimum atomic E-state index is -0.423. The fraction of sp³-hybridized carbons (Fsp3) is 0.286. The number of amides is 1. The zero-order valence-electron chi connectivity index (χ0n) is 14.4. The van der Waals surface area contributed by atoms with Crippen molar-refractivity contribution < 1.29 is 9.72 Å². The van der Waals surface area contributed by atoms with E-state index in [4.69, 9.17) is 0 Å². The molecule has 4 rings (SSSR count). The molecule has 2 aliphatic rings. The van der Waals surface area contributed by atoms with Crippen LogP contribution >= 0.6 is 0 Å². The number of hydrogen-bond donors (Lipinski definition) is 0. The topological polar surface area (TPSA) is 63.4 Å². The molecular formula is C21H20N2O3. The monoisotopic (exact) mass is 348 g/mol. The highest BCUT2D eigenvalue weighted by molar-refractivity contribution is 5.80. The van der Waals surface area contributed by atoms with Crippen LogP contribution in [0.25, 0.3) is 6.08 Å². The lowest BCUT2D eigenvalue weighted by atomic mass is 9.74. The molecular weight excluding hydrogens is 328 g/mol. The van der Waals surface area contributed by atoms with Crippen LogP contribution in [0.5, 0.6) is 0 Å². The van der Waals surface area contributed by atoms with E-state index in [9.17, 15) is 14.9 Å². The van der Waals surface area contributed by atoms with Crippen molar-refractivity contribution in [2.45, 2.75) is 24.7 Å². The van der Waals surface area contributed by atoms with Crippen molar-refractivity contribution in [1.29, 1.82) is 0 Å². The predicted molar refractivity (Wildman–Crippen MR) is 99.8 cm³/mol. The Bertz CT molecular complexity index is 896. The number of benzene rings is 2. The van der Waals surface area contributed by atoms with Crippen molar-refractivity contribution in [2.75, 3.05) is 13.1 Å². The Kier molecular flexibility index (Phi) is 4.07. The number of allylic oxidation sites excluding steroid dienone is 1. The van der Waals surface area contributed by atoms with E-state index in [0.717, 1.165) is 12.8 Å². The lowest BCUT2D eigenvalue weighted by Crippen LogP contribution is -2.44. The van der Waals surface area contributed by atoms with Gasteiger partial charge >= 0.3 is 0 Å². The van der Waals surface area contributed by atoms with E-state index in [0.29, 0.717) is 18.7 Å². The Morgan fingerprint density at radius 1 is 1.08 bits per heavy atom. The number of likely N-dealkylation sites (tertiary alicyclic amines) is 1. The summed E-state index contributed by atoms with van der Waals surface area (Å²) in [5.41, 5.74) is 3.15. The first-order chi connectivity index (χ1) is 12.6. The number of nitrogens with zero attached hydrogens (tertiary/aromatic N) is 2. The fourth-order valence-electron chi connectivity index (χ4n) is 4.14. The van der Waals surface area contributed by atoms with Crippen LogP contribution < -0.4 is 0 Å². The van der Waals surface area contributed by atoms with Gasteiger partial charge in [0.25, 0.3) is 5.69 Å². The first-order valence-electron chi connectivity index (χ1n) is 8.88. The highest BCUT2D eigenvalue weighted by Gasteiger charge is 2.38. The fourth-order valence-corrected chi connectivity index (χ4v) is 4.14. The highest BCUT2D eigenvalue weighted by atomic mass is 16.6. The molecule has 1 aliphatic heterocycles. The molecule has 0 unspecified atom stereocenters. The minimum absolute atomic E-state index is 0.0157. The first kappa shape index (κ1) is 16.5. The van der Waals surface area contributed by atoms with Gasteiger partial charge in [0.15, 0.2) is 0 Å². The molecule has 0 aromatic heterocycles. The van der Waals surface area contributed by atoms with Crippen LogP contribution in [0.2, 0.25) is 0 Å². The van der Waals surface area contributed by atoms with Gasteiger partial charge in [0.1, 0.15) is 0 Å². The number of nitro benzene ring substituents is 1. The number of para-hydroxylation sites is 1. The van der Waals surface area contributed by atoms with Crippen LogP contribution in [0.1, 0.15) is 29.5 Å². The lowest BCUT2D eigenvalue weighted by Gasteiger charge is -2.39. The number of rotatable bonds is 3. The van der Waals surface area contributed by atoms with Crippen LogP contribution in [0.15, 0.2) is 54.6 Å². The van der Waals surface area contributed by atoms with Crippen molar-refractivity contribution in [3.8, 4) is 0 Å².